The molecule has 0 aromatic carbocycles. The Morgan fingerprint density at radius 2 is 1.70 bits per heavy atom. The van der Waals surface area contributed by atoms with E-state index >= 15 is 0 Å². The molecule has 1 unspecified atom stereocenters. The van der Waals surface area contributed by atoms with Crippen molar-refractivity contribution in [2.24, 2.45) is 13.0 Å². The van der Waals surface area contributed by atoms with Gasteiger partial charge >= 0.3 is 24.3 Å². The Morgan fingerprint density at radius 3 is 2.12 bits per heavy atom. The van der Waals surface area contributed by atoms with Crippen LogP contribution in [-0.4, -0.2) is 91.9 Å². The molecule has 11 nitrogen and oxygen atoms in total. The maximum Gasteiger partial charge on any atom is 0.490 e. The smallest absolute Gasteiger partial charge is 0.475 e. The fourth-order valence-corrected chi connectivity index (χ4v) is 3.84. The summed E-state index contributed by atoms with van der Waals surface area (Å²) >= 11 is 0. The molecular weight excluding hydrogens is 556 g/mol. The van der Waals surface area contributed by atoms with E-state index in [1.54, 1.807) is 30.3 Å². The van der Waals surface area contributed by atoms with Gasteiger partial charge in [0.1, 0.15) is 0 Å². The van der Waals surface area contributed by atoms with Gasteiger partial charge in [-0.2, -0.15) is 31.4 Å². The number of pyridine rings is 1. The standard InChI is InChI=1S/C19H25N5O2.2C2HF3O2/c1-23-11-17(9-22-23)18(25)21-8-16-4-5-19(26-12-16)13-24(14-19)10-15-3-2-6-20-7-15;2*3-2(4,5)1(6)7/h2-3,6-7,9,11,16H,4-5,8,10,12-14H2,1H3,(H,21,25);2*(H,6,7). The SMILES string of the molecule is Cn1cc(C(=O)NCC2CCC3(CN(Cc4cccnc4)C3)OC2)cn1.O=C(O)C(F)(F)F.O=C(O)C(F)(F)F. The van der Waals surface area contributed by atoms with E-state index in [1.165, 1.54) is 5.56 Å². The van der Waals surface area contributed by atoms with Crippen molar-refractivity contribution in [2.75, 3.05) is 26.2 Å². The van der Waals surface area contributed by atoms with Gasteiger partial charge < -0.3 is 20.3 Å². The van der Waals surface area contributed by atoms with E-state index in [4.69, 9.17) is 24.5 Å². The highest BCUT2D eigenvalue weighted by molar-refractivity contribution is 5.93. The van der Waals surface area contributed by atoms with Gasteiger partial charge in [-0.3, -0.25) is 19.4 Å². The number of halogens is 6. The highest BCUT2D eigenvalue weighted by Gasteiger charge is 2.46. The number of hydrogen-bond acceptors (Lipinski definition) is 7. The number of alkyl halides is 6. The molecule has 2 aromatic rings. The minimum absolute atomic E-state index is 0.0199. The number of aryl methyl sites for hydroxylation is 1. The van der Waals surface area contributed by atoms with Crippen LogP contribution in [0.2, 0.25) is 0 Å². The molecule has 0 aliphatic carbocycles. The van der Waals surface area contributed by atoms with Crippen molar-refractivity contribution >= 4 is 17.8 Å². The van der Waals surface area contributed by atoms with Gasteiger partial charge in [0.05, 0.1) is 24.0 Å². The second-order valence-corrected chi connectivity index (χ2v) is 9.12. The van der Waals surface area contributed by atoms with E-state index in [9.17, 15) is 31.1 Å². The number of aromatic nitrogens is 3. The number of nitrogens with one attached hydrogen (secondary N) is 1. The van der Waals surface area contributed by atoms with Gasteiger partial charge in [-0.1, -0.05) is 6.07 Å². The molecule has 1 amide bonds. The predicted octanol–water partition coefficient (Wildman–Crippen LogP) is 2.49. The largest absolute Gasteiger partial charge is 0.490 e. The van der Waals surface area contributed by atoms with Gasteiger partial charge in [0, 0.05) is 51.8 Å². The highest BCUT2D eigenvalue weighted by Crippen LogP contribution is 2.36. The molecule has 0 bridgehead atoms. The molecule has 0 saturated carbocycles. The summed E-state index contributed by atoms with van der Waals surface area (Å²) in [6, 6.07) is 4.09. The van der Waals surface area contributed by atoms with E-state index in [2.05, 4.69) is 26.4 Å². The zero-order valence-corrected chi connectivity index (χ0v) is 21.1. The van der Waals surface area contributed by atoms with E-state index < -0.39 is 24.3 Å². The first-order valence-electron chi connectivity index (χ1n) is 11.6. The molecule has 3 N–H and O–H groups in total. The number of hydrogen-bond donors (Lipinski definition) is 3. The molecule has 4 heterocycles. The van der Waals surface area contributed by atoms with Crippen LogP contribution in [0.5, 0.6) is 0 Å². The fraction of sp³-hybridized carbons (Fsp3) is 0.522. The van der Waals surface area contributed by atoms with Crippen LogP contribution in [0, 0.1) is 5.92 Å². The summed E-state index contributed by atoms with van der Waals surface area (Å²) < 4.78 is 71.3. The first-order valence-corrected chi connectivity index (χ1v) is 11.6. The van der Waals surface area contributed by atoms with Gasteiger partial charge in [0.2, 0.25) is 0 Å². The lowest BCUT2D eigenvalue weighted by Crippen LogP contribution is -2.64. The number of amides is 1. The first-order chi connectivity index (χ1) is 18.5. The predicted molar refractivity (Wildman–Crippen MR) is 124 cm³/mol. The van der Waals surface area contributed by atoms with Gasteiger partial charge in [0.25, 0.3) is 5.91 Å². The van der Waals surface area contributed by atoms with Crippen LogP contribution in [0.15, 0.2) is 36.9 Å². The monoisotopic (exact) mass is 583 g/mol. The van der Waals surface area contributed by atoms with Crippen molar-refractivity contribution < 1.29 is 55.7 Å². The van der Waals surface area contributed by atoms with Gasteiger partial charge in [-0.15, -0.1) is 0 Å². The highest BCUT2D eigenvalue weighted by atomic mass is 19.4. The number of rotatable bonds is 5. The molecule has 1 spiro atoms. The Balaban J connectivity index is 0.000000333. The number of carbonyl (C=O) groups excluding carboxylic acids is 1. The molecule has 2 fully saturated rings. The van der Waals surface area contributed by atoms with E-state index in [-0.39, 0.29) is 11.5 Å². The summed E-state index contributed by atoms with van der Waals surface area (Å²) in [5, 5.41) is 21.3. The van der Waals surface area contributed by atoms with E-state index in [0.29, 0.717) is 24.6 Å². The zero-order chi connectivity index (χ0) is 30.1. The number of carbonyl (C=O) groups is 3. The second kappa shape index (κ2) is 13.6. The van der Waals surface area contributed by atoms with E-state index in [1.807, 2.05) is 12.3 Å². The zero-order valence-electron chi connectivity index (χ0n) is 21.1. The lowest BCUT2D eigenvalue weighted by molar-refractivity contribution is -0.193. The molecule has 2 aliphatic heterocycles. The number of nitrogens with zero attached hydrogens (tertiary/aromatic N) is 4. The average molecular weight is 583 g/mol. The summed E-state index contributed by atoms with van der Waals surface area (Å²) in [6.07, 6.45) is -0.968. The molecule has 17 heteroatoms. The summed E-state index contributed by atoms with van der Waals surface area (Å²) in [6.45, 7) is 4.27. The third-order valence-electron chi connectivity index (χ3n) is 5.79. The van der Waals surface area contributed by atoms with E-state index in [0.717, 1.165) is 32.5 Å². The second-order valence-electron chi connectivity index (χ2n) is 9.12. The van der Waals surface area contributed by atoms with Gasteiger partial charge in [-0.05, 0) is 30.4 Å². The molecule has 0 radical (unpaired) electrons. The van der Waals surface area contributed by atoms with Crippen LogP contribution in [0.4, 0.5) is 26.3 Å². The summed E-state index contributed by atoms with van der Waals surface area (Å²) in [5.41, 5.74) is 1.87. The van der Waals surface area contributed by atoms with Crippen molar-refractivity contribution in [2.45, 2.75) is 37.3 Å². The minimum Gasteiger partial charge on any atom is -0.475 e. The molecule has 40 heavy (non-hydrogen) atoms. The summed E-state index contributed by atoms with van der Waals surface area (Å²) in [7, 11) is 1.81. The Kier molecular flexibility index (Phi) is 11.0. The Labute approximate surface area is 223 Å². The lowest BCUT2D eigenvalue weighted by Gasteiger charge is -2.53. The number of carboxylic acids is 2. The van der Waals surface area contributed by atoms with Crippen molar-refractivity contribution in [1.29, 1.82) is 0 Å². The summed E-state index contributed by atoms with van der Waals surface area (Å²) in [4.78, 5) is 36.5. The van der Waals surface area contributed by atoms with Gasteiger partial charge in [-0.25, -0.2) is 9.59 Å². The Bertz CT molecular complexity index is 1100. The number of aliphatic carboxylic acids is 2. The molecule has 2 saturated heterocycles. The molecule has 1 atom stereocenters. The molecule has 2 aromatic heterocycles. The third kappa shape index (κ3) is 10.4. The lowest BCUT2D eigenvalue weighted by atomic mass is 9.82. The van der Waals surface area contributed by atoms with Crippen molar-refractivity contribution in [3.8, 4) is 0 Å². The number of carboxylic acid groups (broad SMARTS) is 2. The van der Waals surface area contributed by atoms with Crippen LogP contribution in [0.25, 0.3) is 0 Å². The van der Waals surface area contributed by atoms with Crippen LogP contribution >= 0.6 is 0 Å². The maximum atomic E-state index is 12.1. The number of likely N-dealkylation sites (tertiary alicyclic amines) is 1. The number of ether oxygens (including phenoxy) is 1. The molecule has 2 aliphatic rings. The topological polar surface area (TPSA) is 147 Å². The first kappa shape index (κ1) is 32.5. The quantitative estimate of drug-likeness (QED) is 0.452. The molecule has 222 valence electrons. The normalized spacial score (nSPS) is 18.3. The molecular formula is C23H27F6N5O6. The van der Waals surface area contributed by atoms with Gasteiger partial charge in [0.15, 0.2) is 0 Å². The minimum atomic E-state index is -5.08. The Hall–Kier alpha value is -3.73. The molecule has 4 rings (SSSR count). The van der Waals surface area contributed by atoms with Crippen LogP contribution in [-0.2, 0) is 27.9 Å². The van der Waals surface area contributed by atoms with Crippen molar-refractivity contribution in [3.63, 3.8) is 0 Å². The fourth-order valence-electron chi connectivity index (χ4n) is 3.84. The Morgan fingerprint density at radius 1 is 1.10 bits per heavy atom. The maximum absolute atomic E-state index is 12.1. The van der Waals surface area contributed by atoms with Crippen LogP contribution in [0.1, 0.15) is 28.8 Å². The average Bonchev–Trinajstić information content (AvgIpc) is 3.29. The van der Waals surface area contributed by atoms with Crippen molar-refractivity contribution in [1.82, 2.24) is 25.0 Å². The summed E-state index contributed by atoms with van der Waals surface area (Å²) in [5.74, 6) is -5.20. The third-order valence-corrected chi connectivity index (χ3v) is 5.79. The van der Waals surface area contributed by atoms with Crippen LogP contribution in [0.3, 0.4) is 0 Å². The van der Waals surface area contributed by atoms with Crippen LogP contribution < -0.4 is 5.32 Å². The van der Waals surface area contributed by atoms with Crippen molar-refractivity contribution in [3.05, 3.63) is 48.0 Å².